The molecule has 3 rings (SSSR count). The summed E-state index contributed by atoms with van der Waals surface area (Å²) in [5, 5.41) is 17.8. The van der Waals surface area contributed by atoms with Crippen LogP contribution in [0, 0.1) is 11.8 Å². The topological polar surface area (TPSA) is 148 Å². The number of thioether (sulfide) groups is 1. The van der Waals surface area contributed by atoms with Gasteiger partial charge in [0.2, 0.25) is 11.8 Å². The smallest absolute Gasteiger partial charge is 0.353 e. The highest BCUT2D eigenvalue weighted by atomic mass is 32.2. The van der Waals surface area contributed by atoms with E-state index in [1.165, 1.54) is 28.6 Å². The monoisotopic (exact) mass is 467 g/mol. The second kappa shape index (κ2) is 9.10. The Morgan fingerprint density at radius 3 is 2.47 bits per heavy atom. The molecule has 0 unspecified atom stereocenters. The predicted octanol–water partition coefficient (Wildman–Crippen LogP) is -1.44. The third kappa shape index (κ3) is 4.08. The average Bonchev–Trinajstić information content (AvgIpc) is 3.28. The van der Waals surface area contributed by atoms with Crippen LogP contribution in [0.4, 0.5) is 0 Å². The number of β-lactam (4-membered cyclic amide) rings is 1. The van der Waals surface area contributed by atoms with Crippen molar-refractivity contribution in [2.45, 2.75) is 43.6 Å². The first kappa shape index (κ1) is 24.1. The largest absolute Gasteiger partial charge is 0.477 e. The van der Waals surface area contributed by atoms with E-state index in [1.807, 2.05) is 6.92 Å². The Labute approximate surface area is 190 Å². The molecule has 0 aromatic heterocycles. The molecule has 3 aliphatic heterocycles. The van der Waals surface area contributed by atoms with Crippen LogP contribution in [0.5, 0.6) is 0 Å². The van der Waals surface area contributed by atoms with Crippen LogP contribution in [0.2, 0.25) is 0 Å². The molecule has 4 N–H and O–H groups in total. The first-order valence-electron chi connectivity index (χ1n) is 10.4. The van der Waals surface area contributed by atoms with E-state index in [-0.39, 0.29) is 34.7 Å². The summed E-state index contributed by atoms with van der Waals surface area (Å²) in [7, 11) is 4.72. The first-order valence-corrected chi connectivity index (χ1v) is 11.3. The summed E-state index contributed by atoms with van der Waals surface area (Å²) in [6.45, 7) is 4.06. The molecule has 0 aromatic rings. The molecule has 6 atom stereocenters. The predicted molar refractivity (Wildman–Crippen MR) is 116 cm³/mol. The molecule has 0 bridgehead atoms. The van der Waals surface area contributed by atoms with E-state index in [9.17, 15) is 29.1 Å². The number of rotatable bonds is 6. The van der Waals surface area contributed by atoms with Gasteiger partial charge in [-0.15, -0.1) is 11.8 Å². The lowest BCUT2D eigenvalue weighted by atomic mass is 9.78. The standard InChI is InChI=1S/C20H29N5O6S/c1-8-13-12(9(2)23-17(27)16(26)21-3)19(29)25(13)14(20(30)31)15(8)32-10-6-11(22-7-10)18(28)24(4)5/h8-13,22H,6-7H2,1-5H3,(H,21,26)(H,23,27)(H,30,31)/t8-,9-,10+,11+,12-,13-/m1/s1. The molecule has 0 saturated carbocycles. The van der Waals surface area contributed by atoms with Gasteiger partial charge in [0, 0.05) is 49.8 Å². The van der Waals surface area contributed by atoms with Crippen molar-refractivity contribution < 1.29 is 29.1 Å². The van der Waals surface area contributed by atoms with E-state index in [4.69, 9.17) is 0 Å². The van der Waals surface area contributed by atoms with Crippen LogP contribution in [0.3, 0.4) is 0 Å². The van der Waals surface area contributed by atoms with Crippen molar-refractivity contribution in [1.29, 1.82) is 0 Å². The molecular formula is C20H29N5O6S. The van der Waals surface area contributed by atoms with Gasteiger partial charge in [-0.25, -0.2) is 4.79 Å². The fraction of sp³-hybridized carbons (Fsp3) is 0.650. The van der Waals surface area contributed by atoms with E-state index in [1.54, 1.807) is 21.0 Å². The van der Waals surface area contributed by atoms with Gasteiger partial charge in [-0.3, -0.25) is 19.2 Å². The summed E-state index contributed by atoms with van der Waals surface area (Å²) < 4.78 is 0. The Balaban J connectivity index is 1.75. The number of amides is 4. The number of likely N-dealkylation sites (N-methyl/N-ethyl adjacent to an activating group) is 2. The zero-order valence-electron chi connectivity index (χ0n) is 18.7. The Morgan fingerprint density at radius 1 is 1.25 bits per heavy atom. The molecule has 0 spiro atoms. The summed E-state index contributed by atoms with van der Waals surface area (Å²) in [5.74, 6) is -4.12. The van der Waals surface area contributed by atoms with Crippen molar-refractivity contribution >= 4 is 41.4 Å². The number of hydrogen-bond acceptors (Lipinski definition) is 7. The zero-order chi connectivity index (χ0) is 23.9. The van der Waals surface area contributed by atoms with Crippen molar-refractivity contribution in [3.63, 3.8) is 0 Å². The quantitative estimate of drug-likeness (QED) is 0.274. The zero-order valence-corrected chi connectivity index (χ0v) is 19.5. The second-order valence-electron chi connectivity index (χ2n) is 8.54. The lowest BCUT2D eigenvalue weighted by Gasteiger charge is -2.47. The van der Waals surface area contributed by atoms with Gasteiger partial charge >= 0.3 is 17.8 Å². The molecule has 3 heterocycles. The van der Waals surface area contributed by atoms with Crippen molar-refractivity contribution in [2.24, 2.45) is 11.8 Å². The Hall–Kier alpha value is -2.60. The molecule has 32 heavy (non-hydrogen) atoms. The highest BCUT2D eigenvalue weighted by Gasteiger charge is 2.60. The fourth-order valence-corrected chi connectivity index (χ4v) is 6.12. The van der Waals surface area contributed by atoms with Crippen molar-refractivity contribution in [3.05, 3.63) is 10.6 Å². The Bertz CT molecular complexity index is 890. The summed E-state index contributed by atoms with van der Waals surface area (Å²) in [6.07, 6.45) is 0.561. The van der Waals surface area contributed by atoms with E-state index in [2.05, 4.69) is 16.0 Å². The minimum atomic E-state index is -1.18. The van der Waals surface area contributed by atoms with Gasteiger partial charge in [0.05, 0.1) is 18.0 Å². The van der Waals surface area contributed by atoms with Gasteiger partial charge in [0.15, 0.2) is 0 Å². The van der Waals surface area contributed by atoms with Gasteiger partial charge in [-0.05, 0) is 13.3 Å². The van der Waals surface area contributed by atoms with Crippen LogP contribution in [0.15, 0.2) is 10.6 Å². The lowest BCUT2D eigenvalue weighted by molar-refractivity contribution is -0.159. The third-order valence-corrected chi connectivity index (χ3v) is 7.76. The Morgan fingerprint density at radius 2 is 1.91 bits per heavy atom. The molecule has 3 aliphatic rings. The third-order valence-electron chi connectivity index (χ3n) is 6.25. The average molecular weight is 468 g/mol. The van der Waals surface area contributed by atoms with Crippen molar-refractivity contribution in [1.82, 2.24) is 25.8 Å². The van der Waals surface area contributed by atoms with Crippen LogP contribution < -0.4 is 16.0 Å². The molecule has 0 aromatic carbocycles. The molecule has 0 aliphatic carbocycles. The van der Waals surface area contributed by atoms with Crippen LogP contribution >= 0.6 is 11.8 Å². The molecule has 176 valence electrons. The minimum Gasteiger partial charge on any atom is -0.477 e. The van der Waals surface area contributed by atoms with Crippen molar-refractivity contribution in [3.8, 4) is 0 Å². The number of carboxylic acid groups (broad SMARTS) is 1. The second-order valence-corrected chi connectivity index (χ2v) is 9.88. The number of carbonyl (C=O) groups excluding carboxylic acids is 4. The maximum atomic E-state index is 12.9. The number of fused-ring (bicyclic) bond motifs is 1. The number of nitrogens with one attached hydrogen (secondary N) is 3. The number of carboxylic acids is 1. The summed E-state index contributed by atoms with van der Waals surface area (Å²) in [5.41, 5.74) is -0.0269. The fourth-order valence-electron chi connectivity index (χ4n) is 4.64. The van der Waals surface area contributed by atoms with Crippen LogP contribution in [0.25, 0.3) is 0 Å². The summed E-state index contributed by atoms with van der Waals surface area (Å²) >= 11 is 1.40. The van der Waals surface area contributed by atoms with Gasteiger partial charge in [0.25, 0.3) is 0 Å². The van der Waals surface area contributed by atoms with E-state index in [0.717, 1.165) is 0 Å². The Kier molecular flexibility index (Phi) is 6.84. The van der Waals surface area contributed by atoms with Crippen molar-refractivity contribution in [2.75, 3.05) is 27.7 Å². The molecule has 0 radical (unpaired) electrons. The van der Waals surface area contributed by atoms with E-state index in [0.29, 0.717) is 17.9 Å². The van der Waals surface area contributed by atoms with Crippen LogP contribution in [-0.4, -0.2) is 95.6 Å². The van der Waals surface area contributed by atoms with Gasteiger partial charge in [0.1, 0.15) is 5.70 Å². The highest BCUT2D eigenvalue weighted by Crippen LogP contribution is 2.51. The number of aliphatic carboxylic acids is 1. The molecule has 4 amide bonds. The SMILES string of the molecule is CNC(=O)C(=O)N[C@H](C)[C@H]1C(=O)N2C(C(=O)O)=C(S[C@@H]3CN[C@H](C(=O)N(C)C)C3)[C@H](C)[C@H]12. The normalized spacial score (nSPS) is 29.8. The molecule has 11 nitrogen and oxygen atoms in total. The van der Waals surface area contributed by atoms with E-state index < -0.39 is 35.8 Å². The number of nitrogens with zero attached hydrogens (tertiary/aromatic N) is 2. The number of carbonyl (C=O) groups is 5. The molecule has 2 fully saturated rings. The molecular weight excluding hydrogens is 438 g/mol. The number of hydrogen-bond donors (Lipinski definition) is 4. The first-order chi connectivity index (χ1) is 15.0. The highest BCUT2D eigenvalue weighted by molar-refractivity contribution is 8.03. The van der Waals surface area contributed by atoms with Crippen LogP contribution in [-0.2, 0) is 24.0 Å². The minimum absolute atomic E-state index is 0.00618. The molecule has 12 heteroatoms. The van der Waals surface area contributed by atoms with Gasteiger partial charge < -0.3 is 30.9 Å². The molecule has 2 saturated heterocycles. The van der Waals surface area contributed by atoms with Crippen LogP contribution in [0.1, 0.15) is 20.3 Å². The van der Waals surface area contributed by atoms with Gasteiger partial charge in [-0.2, -0.15) is 0 Å². The summed E-state index contributed by atoms with van der Waals surface area (Å²) in [6, 6.07) is -1.37. The summed E-state index contributed by atoms with van der Waals surface area (Å²) in [4.78, 5) is 64.0. The van der Waals surface area contributed by atoms with E-state index >= 15 is 0 Å². The maximum Gasteiger partial charge on any atom is 0.353 e. The lowest BCUT2D eigenvalue weighted by Crippen LogP contribution is -2.66. The maximum absolute atomic E-state index is 12.9. The van der Waals surface area contributed by atoms with Gasteiger partial charge in [-0.1, -0.05) is 6.92 Å².